The molecule has 4 amide bonds. The van der Waals surface area contributed by atoms with Gasteiger partial charge in [-0.05, 0) is 142 Å². The van der Waals surface area contributed by atoms with Gasteiger partial charge in [0.1, 0.15) is 0 Å². The molecule has 8 bridgehead atoms. The van der Waals surface area contributed by atoms with Crippen LogP contribution in [0.1, 0.15) is 129 Å². The molecule has 0 unspecified atom stereocenters. The quantitative estimate of drug-likeness (QED) is 0.0719. The number of para-hydroxylation sites is 4. The van der Waals surface area contributed by atoms with Gasteiger partial charge >= 0.3 is 75.4 Å². The van der Waals surface area contributed by atoms with Crippen LogP contribution in [0.4, 0.5) is 64.7 Å². The largest absolute Gasteiger partial charge is 2.00 e. The van der Waals surface area contributed by atoms with Crippen LogP contribution < -0.4 is 29.0 Å². The summed E-state index contributed by atoms with van der Waals surface area (Å²) >= 11 is 0. The van der Waals surface area contributed by atoms with E-state index in [1.54, 1.807) is 61.9 Å². The summed E-state index contributed by atoms with van der Waals surface area (Å²) in [7, 11) is -10.8. The predicted octanol–water partition coefficient (Wildman–Crippen LogP) is 16.1. The number of carbonyl (C=O) groups is 4. The fourth-order valence-electron chi connectivity index (χ4n) is 11.1. The molecule has 15 nitrogen and oxygen atoms in total. The Bertz CT molecular complexity index is 3890. The fraction of sp³-hybridized carbons (Fsp3) is 0.207. The van der Waals surface area contributed by atoms with Crippen molar-refractivity contribution < 1.29 is 105 Å². The second kappa shape index (κ2) is 46.6. The third kappa shape index (κ3) is 34.8. The third-order valence-electron chi connectivity index (χ3n) is 15.2. The van der Waals surface area contributed by atoms with E-state index in [1.165, 1.54) is 25.5 Å². The van der Waals surface area contributed by atoms with E-state index in [1.807, 2.05) is 162 Å². The first-order valence-corrected chi connectivity index (χ1v) is 37.4. The summed E-state index contributed by atoms with van der Waals surface area (Å²) in [6, 6.07) is 76.2. The van der Waals surface area contributed by atoms with Crippen LogP contribution in [0.2, 0.25) is 0 Å². The number of fused-ring (bicyclic) bond motifs is 10. The molecule has 6 aromatic carbocycles. The van der Waals surface area contributed by atoms with Crippen LogP contribution in [0.15, 0.2) is 243 Å². The van der Waals surface area contributed by atoms with E-state index in [0.717, 1.165) is 97.7 Å². The minimum Gasteiger partial charge on any atom is -1.00 e. The first-order chi connectivity index (χ1) is 51.2. The summed E-state index contributed by atoms with van der Waals surface area (Å²) in [6.07, 6.45) is 5.87. The summed E-state index contributed by atoms with van der Waals surface area (Å²) in [5, 5.41) is 0. The molecule has 10 aromatic rings. The predicted molar refractivity (Wildman–Crippen MR) is 416 cm³/mol. The Kier molecular flexibility index (Phi) is 41.1. The summed E-state index contributed by atoms with van der Waals surface area (Å²) < 4.78 is 98.4. The van der Waals surface area contributed by atoms with Gasteiger partial charge in [0, 0.05) is 113 Å². The molecule has 0 aliphatic carbocycles. The Hall–Kier alpha value is -9.52. The van der Waals surface area contributed by atoms with Crippen molar-refractivity contribution in [1.82, 2.24) is 34.6 Å². The number of aromatic nitrogens is 4. The van der Waals surface area contributed by atoms with Gasteiger partial charge in [-0.25, -0.2) is 0 Å². The van der Waals surface area contributed by atoms with Crippen molar-refractivity contribution in [3.05, 3.63) is 343 Å². The minimum absolute atomic E-state index is 0. The summed E-state index contributed by atoms with van der Waals surface area (Å²) in [5.41, 5.74) is 14.1. The zero-order valence-electron chi connectivity index (χ0n) is 62.1. The number of hydrogen-bond acceptors (Lipinski definition) is 11. The molecule has 113 heavy (non-hydrogen) atoms. The molecule has 0 saturated heterocycles. The van der Waals surface area contributed by atoms with Crippen LogP contribution >= 0.6 is 16.3 Å². The van der Waals surface area contributed by atoms with Gasteiger partial charge in [0.25, 0.3) is 0 Å². The van der Waals surface area contributed by atoms with Crippen molar-refractivity contribution in [2.45, 2.75) is 94.2 Å². The molecule has 14 rings (SSSR count). The smallest absolute Gasteiger partial charge is 1.00 e. The Labute approximate surface area is 675 Å². The molecule has 31 heteroatoms. The second-order valence-electron chi connectivity index (χ2n) is 25.1. The van der Waals surface area contributed by atoms with Crippen molar-refractivity contribution in [3.8, 4) is 0 Å². The first kappa shape index (κ1) is 99.6. The summed E-state index contributed by atoms with van der Waals surface area (Å²) in [5.74, 6) is 0.730. The molecule has 0 atom stereocenters. The molecule has 0 saturated carbocycles. The molecule has 4 aliphatic heterocycles. The summed E-state index contributed by atoms with van der Waals surface area (Å²) in [4.78, 5) is 83.3. The Morgan fingerprint density at radius 3 is 0.673 bits per heavy atom. The van der Waals surface area contributed by atoms with E-state index in [0.29, 0.717) is 45.0 Å². The van der Waals surface area contributed by atoms with E-state index < -0.39 is 16.3 Å². The standard InChI is InChI=1S/2C21H15N2O2.C17H20N3.C16H20N4.2C3H7.CH4.2Cu.2F5P.2FH/c2*24-20(16-9-3-1-4-10-16)22-15-23(19-14-8-7-13-18(19)22)21(25)17-11-5-2-6-12-17;1-13-9-14-5-3-7-16(18-14)11-20(2)12-17-8-4-6-15(10-13)19-17;1-19-9-13-5-3-7-15(17-13)11-20(2)12-16-8-4-6-14(10-19)18-16;2*1-3-2;;;;2*1-6(2,3,4)5;;/h2*1-15H;2*3-8H,9-12H2,1-2H3;2*3H,1-2H3;1H4;;;;;2*1H/q3*-1;;2*+1;;;+2;;;;/p-2. The number of pyridine rings is 4. The van der Waals surface area contributed by atoms with E-state index in [-0.39, 0.29) is 74.6 Å². The maximum Gasteiger partial charge on any atom is 2.00 e. The van der Waals surface area contributed by atoms with Gasteiger partial charge < -0.3 is 34.9 Å². The van der Waals surface area contributed by atoms with Crippen LogP contribution in [0, 0.1) is 32.1 Å². The van der Waals surface area contributed by atoms with Gasteiger partial charge in [-0.1, -0.05) is 129 Å². The van der Waals surface area contributed by atoms with Crippen LogP contribution in [0.3, 0.4) is 0 Å². The molecule has 612 valence electrons. The van der Waals surface area contributed by atoms with E-state index >= 15 is 0 Å². The normalized spacial score (nSPS) is 14.1. The SMILES string of the molecule is C.CN1Cc2cccc(n2)CN(C)Cc2cccc(n2)C1.C[C-]1Cc2cccc(n2)CN(C)Cc2cccc(n2)C1.C[CH+]C.C[CH+]C.FP(F)(F)(F)F.FP(F)(F)(F)F.O=C(c1ccccc1)N1[CH-]N(C(=O)c2ccccc2)c2ccccc21.O=C(c1ccccc1)N1[CH-]N(C(=O)c2ccccc2)c2ccccc21.[Cu+2].[Cu].[F-].[F-]. The fourth-order valence-corrected chi connectivity index (χ4v) is 11.1. The van der Waals surface area contributed by atoms with Gasteiger partial charge in [0.05, 0.1) is 74.7 Å². The number of amides is 4. The number of benzene rings is 6. The van der Waals surface area contributed by atoms with Gasteiger partial charge in [0.15, 0.2) is 0 Å². The topological polar surface area (TPSA) is 143 Å². The number of nitrogens with zero attached hydrogens (tertiary/aromatic N) is 11. The average Bonchev–Trinajstić information content (AvgIpc) is 1.63. The van der Waals surface area contributed by atoms with E-state index in [4.69, 9.17) is 19.9 Å². The third-order valence-corrected chi connectivity index (χ3v) is 15.2. The maximum atomic E-state index is 12.9. The van der Waals surface area contributed by atoms with Crippen molar-refractivity contribution >= 4 is 62.7 Å². The molecular formula is C82H88Cu2F12N11O4P2-. The molecule has 0 fully saturated rings. The van der Waals surface area contributed by atoms with Crippen LogP contribution in [-0.2, 0) is 86.2 Å². The summed E-state index contributed by atoms with van der Waals surface area (Å²) in [6.45, 7) is 18.4. The molecule has 0 N–H and O–H groups in total. The van der Waals surface area contributed by atoms with Gasteiger partial charge in [-0.3, -0.25) is 53.8 Å². The van der Waals surface area contributed by atoms with Crippen LogP contribution in [0.5, 0.6) is 0 Å². The Morgan fingerprint density at radius 2 is 0.487 bits per heavy atom. The number of halogens is 12. The second-order valence-corrected chi connectivity index (χ2v) is 27.7. The Morgan fingerprint density at radius 1 is 0.327 bits per heavy atom. The molecule has 0 spiro atoms. The molecule has 2 radical (unpaired) electrons. The van der Waals surface area contributed by atoms with Crippen molar-refractivity contribution in [1.29, 1.82) is 0 Å². The average molecular weight is 1710 g/mol. The number of rotatable bonds is 4. The van der Waals surface area contributed by atoms with Gasteiger partial charge in [-0.15, -0.1) is 26.2 Å². The monoisotopic (exact) mass is 1710 g/mol. The number of anilines is 4. The van der Waals surface area contributed by atoms with Gasteiger partial charge in [0.2, 0.25) is 23.6 Å². The first-order valence-electron chi connectivity index (χ1n) is 34.0. The van der Waals surface area contributed by atoms with E-state index in [2.05, 4.69) is 116 Å². The van der Waals surface area contributed by atoms with Crippen molar-refractivity contribution in [2.75, 3.05) is 40.7 Å². The zero-order chi connectivity index (χ0) is 78.7. The van der Waals surface area contributed by atoms with Crippen molar-refractivity contribution in [2.24, 2.45) is 0 Å². The van der Waals surface area contributed by atoms with Crippen molar-refractivity contribution in [3.63, 3.8) is 0 Å². The maximum absolute atomic E-state index is 12.9. The molecule has 8 heterocycles. The molecule has 4 aliphatic rings. The van der Waals surface area contributed by atoms with E-state index in [9.17, 15) is 61.1 Å². The zero-order valence-corrected chi connectivity index (χ0v) is 65.8. The molecule has 4 aromatic heterocycles. The Balaban J connectivity index is 0.000000471. The van der Waals surface area contributed by atoms with Gasteiger partial charge in [-0.2, -0.15) is 6.92 Å². The number of hydrogen-bond donors (Lipinski definition) is 0. The minimum atomic E-state index is -8.55. The van der Waals surface area contributed by atoms with Crippen LogP contribution in [0.25, 0.3) is 0 Å². The number of carbonyl (C=O) groups excluding carboxylic acids is 4. The molecular weight excluding hydrogens is 1620 g/mol. The van der Waals surface area contributed by atoms with Crippen LogP contribution in [-0.4, -0.2) is 79.4 Å².